The Morgan fingerprint density at radius 1 is 1.06 bits per heavy atom. The maximum Gasteiger partial charge on any atom is 0.251 e. The monoisotopic (exact) mass is 440 g/mol. The fourth-order valence-electron chi connectivity index (χ4n) is 3.77. The van der Waals surface area contributed by atoms with Gasteiger partial charge in [0.15, 0.2) is 0 Å². The zero-order valence-corrected chi connectivity index (χ0v) is 18.4. The van der Waals surface area contributed by atoms with Crippen LogP contribution in [0.5, 0.6) is 5.75 Å². The number of pyridine rings is 1. The van der Waals surface area contributed by atoms with Crippen LogP contribution in [-0.2, 0) is 13.0 Å². The lowest BCUT2D eigenvalue weighted by atomic mass is 10.1. The molecule has 0 fully saturated rings. The van der Waals surface area contributed by atoms with Gasteiger partial charge in [0.2, 0.25) is 0 Å². The summed E-state index contributed by atoms with van der Waals surface area (Å²) in [7, 11) is 0. The van der Waals surface area contributed by atoms with E-state index in [0.29, 0.717) is 18.7 Å². The summed E-state index contributed by atoms with van der Waals surface area (Å²) in [4.78, 5) is 20.0. The van der Waals surface area contributed by atoms with E-state index >= 15 is 0 Å². The fraction of sp³-hybridized carbons (Fsp3) is 0.185. The average molecular weight is 441 g/mol. The number of hydrogen-bond donors (Lipinski definition) is 4. The minimum absolute atomic E-state index is 0.0609. The van der Waals surface area contributed by atoms with E-state index in [2.05, 4.69) is 20.6 Å². The number of carbonyl (C=O) groups is 1. The van der Waals surface area contributed by atoms with Gasteiger partial charge < -0.3 is 20.7 Å². The molecule has 0 atom stereocenters. The number of aromatic nitrogens is 2. The van der Waals surface area contributed by atoms with Crippen LogP contribution in [-0.4, -0.2) is 34.1 Å². The Balaban J connectivity index is 1.25. The van der Waals surface area contributed by atoms with Gasteiger partial charge in [0, 0.05) is 48.1 Å². The predicted molar refractivity (Wildman–Crippen MR) is 132 cm³/mol. The van der Waals surface area contributed by atoms with Crippen LogP contribution >= 0.6 is 0 Å². The first-order valence-corrected chi connectivity index (χ1v) is 11.1. The molecule has 4 aromatic rings. The molecular formula is C27H28N4O2. The van der Waals surface area contributed by atoms with Gasteiger partial charge in [-0.1, -0.05) is 36.4 Å². The van der Waals surface area contributed by atoms with E-state index in [1.165, 1.54) is 0 Å². The van der Waals surface area contributed by atoms with Crippen molar-refractivity contribution in [1.29, 1.82) is 0 Å². The third-order valence-electron chi connectivity index (χ3n) is 5.49. The summed E-state index contributed by atoms with van der Waals surface area (Å²) in [5.41, 5.74) is 4.87. The number of carbonyl (C=O) groups excluding carboxylic acids is 1. The maximum atomic E-state index is 12.7. The standard InChI is InChI=1S/C27H28N4O2/c32-23-10-11-26-25(16-23)22(19-31-26)12-15-29-18-21-8-1-2-9-24(21)27(33)30-14-4-3-6-20-7-5-13-28-17-20/h1-3,5-11,13,16-17,19,29,31-32H,4,12,14-15,18H2,(H,30,33)/b6-3+. The van der Waals surface area contributed by atoms with E-state index in [0.717, 1.165) is 47.0 Å². The normalized spacial score (nSPS) is 11.3. The molecule has 1 amide bonds. The summed E-state index contributed by atoms with van der Waals surface area (Å²) in [6, 6.07) is 16.9. The molecule has 0 aliphatic rings. The molecule has 2 aromatic carbocycles. The van der Waals surface area contributed by atoms with Gasteiger partial charge in [-0.2, -0.15) is 0 Å². The summed E-state index contributed by atoms with van der Waals surface area (Å²) in [6.07, 6.45) is 11.2. The molecule has 0 spiro atoms. The van der Waals surface area contributed by atoms with Gasteiger partial charge in [-0.15, -0.1) is 0 Å². The number of fused-ring (bicyclic) bond motifs is 1. The number of nitrogens with zero attached hydrogens (tertiary/aromatic N) is 1. The molecule has 0 saturated carbocycles. The lowest BCUT2D eigenvalue weighted by molar-refractivity contribution is 0.0953. The maximum absolute atomic E-state index is 12.7. The van der Waals surface area contributed by atoms with Crippen LogP contribution in [0.2, 0.25) is 0 Å². The Kier molecular flexibility index (Phi) is 7.51. The van der Waals surface area contributed by atoms with Crippen LogP contribution in [0.15, 0.2) is 79.3 Å². The third kappa shape index (κ3) is 6.08. The van der Waals surface area contributed by atoms with Crippen LogP contribution in [0.4, 0.5) is 0 Å². The van der Waals surface area contributed by atoms with E-state index in [4.69, 9.17) is 0 Å². The summed E-state index contributed by atoms with van der Waals surface area (Å²) < 4.78 is 0. The Bertz CT molecular complexity index is 1230. The molecule has 6 nitrogen and oxygen atoms in total. The number of benzene rings is 2. The average Bonchev–Trinajstić information content (AvgIpc) is 3.24. The first-order chi connectivity index (χ1) is 16.2. The molecule has 0 radical (unpaired) electrons. The van der Waals surface area contributed by atoms with Gasteiger partial charge in [-0.3, -0.25) is 9.78 Å². The van der Waals surface area contributed by atoms with Crippen molar-refractivity contribution in [3.05, 3.63) is 102 Å². The van der Waals surface area contributed by atoms with E-state index < -0.39 is 0 Å². The molecule has 4 N–H and O–H groups in total. The van der Waals surface area contributed by atoms with Gasteiger partial charge in [0.25, 0.3) is 5.91 Å². The zero-order chi connectivity index (χ0) is 22.9. The van der Waals surface area contributed by atoms with Crippen LogP contribution in [0.3, 0.4) is 0 Å². The number of hydrogen-bond acceptors (Lipinski definition) is 4. The van der Waals surface area contributed by atoms with Crippen LogP contribution in [0, 0.1) is 0 Å². The number of phenols is 1. The van der Waals surface area contributed by atoms with Crippen molar-refractivity contribution in [3.8, 4) is 5.75 Å². The summed E-state index contributed by atoms with van der Waals surface area (Å²) in [5, 5.41) is 17.2. The molecule has 0 unspecified atom stereocenters. The van der Waals surface area contributed by atoms with Crippen molar-refractivity contribution in [3.63, 3.8) is 0 Å². The van der Waals surface area contributed by atoms with E-state index in [1.807, 2.05) is 60.8 Å². The Hall–Kier alpha value is -3.90. The van der Waals surface area contributed by atoms with Crippen LogP contribution < -0.4 is 10.6 Å². The van der Waals surface area contributed by atoms with Gasteiger partial charge in [0.1, 0.15) is 5.75 Å². The second-order valence-corrected chi connectivity index (χ2v) is 7.86. The highest BCUT2D eigenvalue weighted by molar-refractivity contribution is 5.95. The minimum Gasteiger partial charge on any atom is -0.508 e. The van der Waals surface area contributed by atoms with Crippen molar-refractivity contribution in [1.82, 2.24) is 20.6 Å². The quantitative estimate of drug-likeness (QED) is 0.275. The van der Waals surface area contributed by atoms with E-state index in [-0.39, 0.29) is 11.7 Å². The van der Waals surface area contributed by atoms with Gasteiger partial charge in [-0.05, 0) is 66.4 Å². The van der Waals surface area contributed by atoms with Gasteiger partial charge >= 0.3 is 0 Å². The molecule has 2 heterocycles. The number of aromatic hydroxyl groups is 1. The molecule has 2 aromatic heterocycles. The van der Waals surface area contributed by atoms with Crippen molar-refractivity contribution >= 4 is 22.9 Å². The molecule has 168 valence electrons. The number of rotatable bonds is 10. The van der Waals surface area contributed by atoms with E-state index in [9.17, 15) is 9.90 Å². The highest BCUT2D eigenvalue weighted by Crippen LogP contribution is 2.23. The Morgan fingerprint density at radius 3 is 2.85 bits per heavy atom. The van der Waals surface area contributed by atoms with E-state index in [1.54, 1.807) is 24.5 Å². The number of phenolic OH excluding ortho intramolecular Hbond substituents is 1. The number of nitrogens with one attached hydrogen (secondary N) is 3. The Labute approximate surface area is 193 Å². The number of aromatic amines is 1. The third-order valence-corrected chi connectivity index (χ3v) is 5.49. The predicted octanol–water partition coefficient (Wildman–Crippen LogP) is 4.43. The van der Waals surface area contributed by atoms with Crippen molar-refractivity contribution in [2.24, 2.45) is 0 Å². The summed E-state index contributed by atoms with van der Waals surface area (Å²) in [6.45, 7) is 1.95. The largest absolute Gasteiger partial charge is 0.508 e. The summed E-state index contributed by atoms with van der Waals surface area (Å²) >= 11 is 0. The smallest absolute Gasteiger partial charge is 0.251 e. The molecule has 0 bridgehead atoms. The topological polar surface area (TPSA) is 90.0 Å². The second-order valence-electron chi connectivity index (χ2n) is 7.86. The fourth-order valence-corrected chi connectivity index (χ4v) is 3.77. The minimum atomic E-state index is -0.0609. The molecule has 0 aliphatic carbocycles. The first-order valence-electron chi connectivity index (χ1n) is 11.1. The van der Waals surface area contributed by atoms with Gasteiger partial charge in [-0.25, -0.2) is 0 Å². The molecule has 33 heavy (non-hydrogen) atoms. The highest BCUT2D eigenvalue weighted by atomic mass is 16.3. The highest BCUT2D eigenvalue weighted by Gasteiger charge is 2.10. The molecule has 6 heteroatoms. The van der Waals surface area contributed by atoms with Crippen molar-refractivity contribution in [2.45, 2.75) is 19.4 Å². The first kappa shape index (κ1) is 22.3. The molecule has 0 aliphatic heterocycles. The Morgan fingerprint density at radius 2 is 1.97 bits per heavy atom. The molecule has 0 saturated heterocycles. The lowest BCUT2D eigenvalue weighted by Crippen LogP contribution is -2.26. The van der Waals surface area contributed by atoms with Crippen LogP contribution in [0.1, 0.15) is 33.5 Å². The number of amides is 1. The number of H-pyrrole nitrogens is 1. The molecule has 4 rings (SSSR count). The molecular weight excluding hydrogens is 412 g/mol. The second kappa shape index (κ2) is 11.1. The van der Waals surface area contributed by atoms with Crippen molar-refractivity contribution in [2.75, 3.05) is 13.1 Å². The van der Waals surface area contributed by atoms with Crippen LogP contribution in [0.25, 0.3) is 17.0 Å². The zero-order valence-electron chi connectivity index (χ0n) is 18.4. The van der Waals surface area contributed by atoms with Gasteiger partial charge in [0.05, 0.1) is 0 Å². The summed E-state index contributed by atoms with van der Waals surface area (Å²) in [5.74, 6) is 0.207. The SMILES string of the molecule is O=C(NCC/C=C/c1cccnc1)c1ccccc1CNCCc1c[nH]c2ccc(O)cc12. The lowest BCUT2D eigenvalue weighted by Gasteiger charge is -2.11. The van der Waals surface area contributed by atoms with Crippen molar-refractivity contribution < 1.29 is 9.90 Å².